The largest absolute Gasteiger partial charge is 0.444 e. The molecule has 0 aliphatic carbocycles. The summed E-state index contributed by atoms with van der Waals surface area (Å²) in [7, 11) is 0. The summed E-state index contributed by atoms with van der Waals surface area (Å²) < 4.78 is 5.02. The minimum absolute atomic E-state index is 0.395. The monoisotopic (exact) mass is 127 g/mol. The summed E-state index contributed by atoms with van der Waals surface area (Å²) in [5.41, 5.74) is 1.92. The van der Waals surface area contributed by atoms with E-state index in [0.717, 1.165) is 12.2 Å². The second kappa shape index (κ2) is 2.55. The predicted octanol–water partition coefficient (Wildman–Crippen LogP) is 1.64. The zero-order valence-corrected chi connectivity index (χ0v) is 5.22. The summed E-state index contributed by atoms with van der Waals surface area (Å²) in [5, 5.41) is 8.30. The molecule has 0 amide bonds. The maximum absolute atomic E-state index is 8.30. The maximum Gasteiger partial charge on any atom is 0.216 e. The first-order chi connectivity index (χ1) is 4.36. The fourth-order valence-corrected chi connectivity index (χ4v) is 0.628. The van der Waals surface area contributed by atoms with Crippen LogP contribution in [0.2, 0.25) is 0 Å². The van der Waals surface area contributed by atoms with Crippen molar-refractivity contribution in [1.82, 2.24) is 0 Å². The standard InChI is InChI=1S/C6H9NO2/c1-2-5-3-4-6(7-8)9-5/h3-4,7-8H,2H2,1H3. The van der Waals surface area contributed by atoms with E-state index >= 15 is 0 Å². The van der Waals surface area contributed by atoms with Crippen molar-refractivity contribution in [2.24, 2.45) is 0 Å². The second-order valence-corrected chi connectivity index (χ2v) is 1.73. The van der Waals surface area contributed by atoms with Gasteiger partial charge in [0.25, 0.3) is 0 Å². The van der Waals surface area contributed by atoms with E-state index in [4.69, 9.17) is 9.62 Å². The number of aryl methyl sites for hydroxylation is 1. The molecule has 0 aromatic carbocycles. The van der Waals surface area contributed by atoms with Crippen LogP contribution in [0.15, 0.2) is 16.5 Å². The normalized spacial score (nSPS) is 9.56. The molecule has 0 aliphatic heterocycles. The highest BCUT2D eigenvalue weighted by atomic mass is 16.5. The lowest BCUT2D eigenvalue weighted by molar-refractivity contribution is 0.358. The Morgan fingerprint density at radius 1 is 1.67 bits per heavy atom. The molecule has 1 aromatic heterocycles. The molecule has 0 aliphatic rings. The van der Waals surface area contributed by atoms with Gasteiger partial charge in [-0.05, 0) is 6.07 Å². The van der Waals surface area contributed by atoms with Crippen molar-refractivity contribution in [2.45, 2.75) is 13.3 Å². The van der Waals surface area contributed by atoms with E-state index in [-0.39, 0.29) is 0 Å². The van der Waals surface area contributed by atoms with Crippen molar-refractivity contribution in [3.63, 3.8) is 0 Å². The van der Waals surface area contributed by atoms with E-state index in [9.17, 15) is 0 Å². The van der Waals surface area contributed by atoms with Gasteiger partial charge in [0.05, 0.1) is 0 Å². The summed E-state index contributed by atoms with van der Waals surface area (Å²) in [6, 6.07) is 3.50. The van der Waals surface area contributed by atoms with Crippen LogP contribution < -0.4 is 5.48 Å². The Hall–Kier alpha value is -0.960. The molecule has 9 heavy (non-hydrogen) atoms. The van der Waals surface area contributed by atoms with Gasteiger partial charge in [0, 0.05) is 12.5 Å². The highest BCUT2D eigenvalue weighted by Crippen LogP contribution is 2.11. The Bertz CT molecular complexity index is 164. The highest BCUT2D eigenvalue weighted by molar-refractivity contribution is 5.28. The Labute approximate surface area is 53.3 Å². The third-order valence-corrected chi connectivity index (χ3v) is 1.12. The maximum atomic E-state index is 8.30. The Morgan fingerprint density at radius 3 is 2.78 bits per heavy atom. The molecule has 1 rings (SSSR count). The molecule has 0 radical (unpaired) electrons. The van der Waals surface area contributed by atoms with Gasteiger partial charge >= 0.3 is 0 Å². The number of hydrogen-bond donors (Lipinski definition) is 2. The van der Waals surface area contributed by atoms with Crippen molar-refractivity contribution >= 4 is 5.88 Å². The molecular weight excluding hydrogens is 118 g/mol. The van der Waals surface area contributed by atoms with E-state index in [1.54, 1.807) is 6.07 Å². The van der Waals surface area contributed by atoms with Crippen LogP contribution in [0.3, 0.4) is 0 Å². The van der Waals surface area contributed by atoms with Crippen LogP contribution in [0.4, 0.5) is 5.88 Å². The molecule has 2 N–H and O–H groups in total. The van der Waals surface area contributed by atoms with Crippen molar-refractivity contribution in [3.8, 4) is 0 Å². The fourth-order valence-electron chi connectivity index (χ4n) is 0.628. The van der Waals surface area contributed by atoms with Gasteiger partial charge < -0.3 is 4.42 Å². The van der Waals surface area contributed by atoms with Crippen molar-refractivity contribution < 1.29 is 9.62 Å². The van der Waals surface area contributed by atoms with Crippen LogP contribution >= 0.6 is 0 Å². The van der Waals surface area contributed by atoms with Crippen LogP contribution in [0.25, 0.3) is 0 Å². The summed E-state index contributed by atoms with van der Waals surface area (Å²) in [4.78, 5) is 0. The van der Waals surface area contributed by atoms with E-state index < -0.39 is 0 Å². The molecule has 3 nitrogen and oxygen atoms in total. The van der Waals surface area contributed by atoms with Gasteiger partial charge in [0.15, 0.2) is 0 Å². The summed E-state index contributed by atoms with van der Waals surface area (Å²) in [6.45, 7) is 1.99. The molecule has 0 atom stereocenters. The molecule has 0 spiro atoms. The van der Waals surface area contributed by atoms with Crippen LogP contribution in [-0.2, 0) is 6.42 Å². The SMILES string of the molecule is CCc1ccc(NO)o1. The van der Waals surface area contributed by atoms with Gasteiger partial charge in [-0.3, -0.25) is 5.21 Å². The topological polar surface area (TPSA) is 45.4 Å². The van der Waals surface area contributed by atoms with Crippen molar-refractivity contribution in [2.75, 3.05) is 5.48 Å². The summed E-state index contributed by atoms with van der Waals surface area (Å²) in [6.07, 6.45) is 0.849. The molecule has 0 bridgehead atoms. The number of furan rings is 1. The van der Waals surface area contributed by atoms with Gasteiger partial charge in [0.1, 0.15) is 5.76 Å². The van der Waals surface area contributed by atoms with Gasteiger partial charge in [-0.15, -0.1) is 0 Å². The smallest absolute Gasteiger partial charge is 0.216 e. The molecule has 0 saturated heterocycles. The van der Waals surface area contributed by atoms with Crippen molar-refractivity contribution in [1.29, 1.82) is 0 Å². The Kier molecular flexibility index (Phi) is 1.75. The molecule has 3 heteroatoms. The number of nitrogens with one attached hydrogen (secondary N) is 1. The molecule has 1 aromatic rings. The summed E-state index contributed by atoms with van der Waals surface area (Å²) >= 11 is 0. The Balaban J connectivity index is 2.74. The van der Waals surface area contributed by atoms with Crippen LogP contribution in [0, 0.1) is 0 Å². The highest BCUT2D eigenvalue weighted by Gasteiger charge is 1.95. The van der Waals surface area contributed by atoms with Crippen LogP contribution in [-0.4, -0.2) is 5.21 Å². The molecule has 0 fully saturated rings. The lowest BCUT2D eigenvalue weighted by atomic mass is 10.4. The minimum Gasteiger partial charge on any atom is -0.444 e. The predicted molar refractivity (Wildman–Crippen MR) is 33.5 cm³/mol. The number of hydrogen-bond acceptors (Lipinski definition) is 3. The van der Waals surface area contributed by atoms with Crippen LogP contribution in [0.5, 0.6) is 0 Å². The zero-order chi connectivity index (χ0) is 6.69. The lowest BCUT2D eigenvalue weighted by Gasteiger charge is -1.88. The van der Waals surface area contributed by atoms with Crippen molar-refractivity contribution in [3.05, 3.63) is 17.9 Å². The molecule has 0 unspecified atom stereocenters. The summed E-state index contributed by atoms with van der Waals surface area (Å²) in [5.74, 6) is 1.26. The zero-order valence-electron chi connectivity index (χ0n) is 5.22. The quantitative estimate of drug-likeness (QED) is 0.593. The third-order valence-electron chi connectivity index (χ3n) is 1.12. The van der Waals surface area contributed by atoms with Gasteiger partial charge in [-0.25, -0.2) is 5.48 Å². The lowest BCUT2D eigenvalue weighted by Crippen LogP contribution is -1.83. The molecule has 1 heterocycles. The first-order valence-corrected chi connectivity index (χ1v) is 2.85. The van der Waals surface area contributed by atoms with Gasteiger partial charge in [-0.1, -0.05) is 6.92 Å². The molecule has 50 valence electrons. The van der Waals surface area contributed by atoms with E-state index in [1.165, 1.54) is 0 Å². The molecular formula is C6H9NO2. The molecule has 0 saturated carbocycles. The Morgan fingerprint density at radius 2 is 2.44 bits per heavy atom. The average molecular weight is 127 g/mol. The minimum atomic E-state index is 0.395. The van der Waals surface area contributed by atoms with Gasteiger partial charge in [-0.2, -0.15) is 0 Å². The number of anilines is 1. The fraction of sp³-hybridized carbons (Fsp3) is 0.333. The first-order valence-electron chi connectivity index (χ1n) is 2.85. The van der Waals surface area contributed by atoms with E-state index in [0.29, 0.717) is 5.88 Å². The third kappa shape index (κ3) is 1.23. The first kappa shape index (κ1) is 6.16. The average Bonchev–Trinajstić information content (AvgIpc) is 2.34. The van der Waals surface area contributed by atoms with Crippen LogP contribution in [0.1, 0.15) is 12.7 Å². The second-order valence-electron chi connectivity index (χ2n) is 1.73. The number of rotatable bonds is 2. The van der Waals surface area contributed by atoms with E-state index in [2.05, 4.69) is 0 Å². The van der Waals surface area contributed by atoms with E-state index in [1.807, 2.05) is 18.5 Å². The van der Waals surface area contributed by atoms with Gasteiger partial charge in [0.2, 0.25) is 5.88 Å².